The van der Waals surface area contributed by atoms with Crippen molar-refractivity contribution in [3.8, 4) is 0 Å². The van der Waals surface area contributed by atoms with Crippen molar-refractivity contribution in [2.24, 2.45) is 5.92 Å². The van der Waals surface area contributed by atoms with Crippen LogP contribution < -0.4 is 5.32 Å². The maximum absolute atomic E-state index is 4.66. The largest absolute Gasteiger partial charge is 0.372 e. The Morgan fingerprint density at radius 1 is 1.19 bits per heavy atom. The third kappa shape index (κ3) is 3.30. The van der Waals surface area contributed by atoms with E-state index in [1.807, 2.05) is 7.05 Å². The molecule has 4 heteroatoms. The summed E-state index contributed by atoms with van der Waals surface area (Å²) in [5.74, 6) is 2.93. The van der Waals surface area contributed by atoms with Crippen LogP contribution in [0.1, 0.15) is 45.1 Å². The topological polar surface area (TPSA) is 37.8 Å². The Morgan fingerprint density at radius 3 is 2.25 bits per heavy atom. The van der Waals surface area contributed by atoms with Crippen molar-refractivity contribution in [1.29, 1.82) is 0 Å². The number of halogens is 1. The van der Waals surface area contributed by atoms with Crippen LogP contribution in [-0.4, -0.2) is 17.0 Å². The van der Waals surface area contributed by atoms with E-state index in [4.69, 9.17) is 0 Å². The Balaban J connectivity index is 3.17. The number of aromatic nitrogens is 2. The third-order valence-electron chi connectivity index (χ3n) is 2.30. The molecule has 1 aromatic rings. The summed E-state index contributed by atoms with van der Waals surface area (Å²) < 4.78 is 1.14. The molecule has 0 bridgehead atoms. The summed E-state index contributed by atoms with van der Waals surface area (Å²) >= 11 is 2.32. The lowest BCUT2D eigenvalue weighted by Gasteiger charge is -2.14. The zero-order valence-corrected chi connectivity index (χ0v) is 12.8. The van der Waals surface area contributed by atoms with E-state index in [1.54, 1.807) is 0 Å². The highest BCUT2D eigenvalue weighted by Gasteiger charge is 2.14. The highest BCUT2D eigenvalue weighted by Crippen LogP contribution is 2.25. The summed E-state index contributed by atoms with van der Waals surface area (Å²) in [4.78, 5) is 9.21. The minimum absolute atomic E-state index is 0.438. The van der Waals surface area contributed by atoms with E-state index in [0.29, 0.717) is 11.8 Å². The van der Waals surface area contributed by atoms with Gasteiger partial charge in [0.05, 0.1) is 9.26 Å². The van der Waals surface area contributed by atoms with Crippen molar-refractivity contribution < 1.29 is 0 Å². The smallest absolute Gasteiger partial charge is 0.143 e. The molecular formula is C12H20IN3. The normalized spacial score (nSPS) is 11.2. The lowest BCUT2D eigenvalue weighted by atomic mass is 10.1. The summed E-state index contributed by atoms with van der Waals surface area (Å²) in [6.07, 6.45) is 0.936. The lowest BCUT2D eigenvalue weighted by Crippen LogP contribution is -2.10. The van der Waals surface area contributed by atoms with Gasteiger partial charge in [-0.15, -0.1) is 0 Å². The molecule has 0 aromatic carbocycles. The first kappa shape index (κ1) is 13.7. The second-order valence-electron chi connectivity index (χ2n) is 4.69. The molecule has 1 heterocycles. The summed E-state index contributed by atoms with van der Waals surface area (Å²) in [6, 6.07) is 0. The van der Waals surface area contributed by atoms with Crippen molar-refractivity contribution in [3.05, 3.63) is 15.1 Å². The van der Waals surface area contributed by atoms with Gasteiger partial charge in [-0.2, -0.15) is 0 Å². The molecule has 0 amide bonds. The van der Waals surface area contributed by atoms with Crippen molar-refractivity contribution in [1.82, 2.24) is 9.97 Å². The van der Waals surface area contributed by atoms with Crippen LogP contribution in [0.25, 0.3) is 0 Å². The Morgan fingerprint density at radius 2 is 1.81 bits per heavy atom. The van der Waals surface area contributed by atoms with Gasteiger partial charge in [0, 0.05) is 13.5 Å². The molecule has 16 heavy (non-hydrogen) atoms. The third-order valence-corrected chi connectivity index (χ3v) is 3.36. The molecule has 1 aromatic heterocycles. The zero-order chi connectivity index (χ0) is 12.3. The van der Waals surface area contributed by atoms with Gasteiger partial charge in [-0.25, -0.2) is 9.97 Å². The van der Waals surface area contributed by atoms with Gasteiger partial charge in [-0.3, -0.25) is 0 Å². The van der Waals surface area contributed by atoms with Gasteiger partial charge in [0.2, 0.25) is 0 Å². The molecule has 0 aliphatic carbocycles. The molecule has 0 atom stereocenters. The molecule has 0 radical (unpaired) electrons. The van der Waals surface area contributed by atoms with Crippen molar-refractivity contribution >= 4 is 28.4 Å². The highest BCUT2D eigenvalue weighted by molar-refractivity contribution is 14.1. The Kier molecular flexibility index (Phi) is 4.95. The van der Waals surface area contributed by atoms with Gasteiger partial charge >= 0.3 is 0 Å². The average Bonchev–Trinajstić information content (AvgIpc) is 2.19. The van der Waals surface area contributed by atoms with Crippen LogP contribution in [0, 0.1) is 9.49 Å². The molecule has 0 fully saturated rings. The Bertz CT molecular complexity index is 362. The quantitative estimate of drug-likeness (QED) is 0.858. The number of nitrogens with one attached hydrogen (secondary N) is 1. The fourth-order valence-corrected chi connectivity index (χ4v) is 2.65. The van der Waals surface area contributed by atoms with Crippen molar-refractivity contribution in [2.45, 2.75) is 40.0 Å². The molecule has 0 saturated carbocycles. The number of hydrogen-bond donors (Lipinski definition) is 1. The van der Waals surface area contributed by atoms with E-state index in [2.05, 4.69) is 65.6 Å². The fraction of sp³-hybridized carbons (Fsp3) is 0.667. The predicted molar refractivity (Wildman–Crippen MR) is 76.9 cm³/mol. The molecule has 0 unspecified atom stereocenters. The van der Waals surface area contributed by atoms with Gasteiger partial charge in [0.1, 0.15) is 11.6 Å². The SMILES string of the molecule is CNc1nc(CC(C)C)nc(C(C)C)c1I. The fourth-order valence-electron chi connectivity index (χ4n) is 1.52. The zero-order valence-electron chi connectivity index (χ0n) is 10.6. The molecule has 0 spiro atoms. The van der Waals surface area contributed by atoms with Crippen LogP contribution >= 0.6 is 22.6 Å². The molecule has 3 nitrogen and oxygen atoms in total. The van der Waals surface area contributed by atoms with Crippen LogP contribution in [0.2, 0.25) is 0 Å². The first-order valence-electron chi connectivity index (χ1n) is 5.69. The summed E-state index contributed by atoms with van der Waals surface area (Å²) in [7, 11) is 1.91. The minimum atomic E-state index is 0.438. The van der Waals surface area contributed by atoms with Crippen LogP contribution in [0.5, 0.6) is 0 Å². The summed E-state index contributed by atoms with van der Waals surface area (Å²) in [6.45, 7) is 8.72. The van der Waals surface area contributed by atoms with E-state index >= 15 is 0 Å². The lowest BCUT2D eigenvalue weighted by molar-refractivity contribution is 0.614. The van der Waals surface area contributed by atoms with Gasteiger partial charge in [-0.05, 0) is 34.4 Å². The minimum Gasteiger partial charge on any atom is -0.372 e. The highest BCUT2D eigenvalue weighted by atomic mass is 127. The van der Waals surface area contributed by atoms with Crippen molar-refractivity contribution in [3.63, 3.8) is 0 Å². The van der Waals surface area contributed by atoms with Gasteiger partial charge in [0.25, 0.3) is 0 Å². The molecule has 0 saturated heterocycles. The molecule has 1 rings (SSSR count). The van der Waals surface area contributed by atoms with Gasteiger partial charge in [0.15, 0.2) is 0 Å². The summed E-state index contributed by atoms with van der Waals surface area (Å²) in [5.41, 5.74) is 1.15. The number of nitrogens with zero attached hydrogens (tertiary/aromatic N) is 2. The second kappa shape index (κ2) is 5.80. The number of rotatable bonds is 4. The molecule has 0 aliphatic rings. The van der Waals surface area contributed by atoms with E-state index in [1.165, 1.54) is 0 Å². The van der Waals surface area contributed by atoms with E-state index in [0.717, 1.165) is 27.3 Å². The van der Waals surface area contributed by atoms with Crippen LogP contribution in [0.4, 0.5) is 5.82 Å². The first-order chi connectivity index (χ1) is 7.45. The Labute approximate surface area is 112 Å². The number of anilines is 1. The van der Waals surface area contributed by atoms with Crippen molar-refractivity contribution in [2.75, 3.05) is 12.4 Å². The van der Waals surface area contributed by atoms with Gasteiger partial charge in [-0.1, -0.05) is 27.7 Å². The van der Waals surface area contributed by atoms with Gasteiger partial charge < -0.3 is 5.32 Å². The molecular weight excluding hydrogens is 313 g/mol. The molecule has 1 N–H and O–H groups in total. The summed E-state index contributed by atoms with van der Waals surface area (Å²) in [5, 5.41) is 3.15. The predicted octanol–water partition coefficient (Wildman–Crippen LogP) is 3.44. The first-order valence-corrected chi connectivity index (χ1v) is 6.77. The monoisotopic (exact) mass is 333 g/mol. The second-order valence-corrected chi connectivity index (χ2v) is 5.77. The molecule has 90 valence electrons. The standard InChI is InChI=1S/C12H20IN3/c1-7(2)6-9-15-11(8(3)4)10(13)12(14-5)16-9/h7-8H,6H2,1-5H3,(H,14,15,16). The van der Waals surface area contributed by atoms with E-state index in [-0.39, 0.29) is 0 Å². The number of hydrogen-bond acceptors (Lipinski definition) is 3. The van der Waals surface area contributed by atoms with E-state index < -0.39 is 0 Å². The van der Waals surface area contributed by atoms with E-state index in [9.17, 15) is 0 Å². The maximum Gasteiger partial charge on any atom is 0.143 e. The maximum atomic E-state index is 4.66. The Hall–Kier alpha value is -0.390. The molecule has 0 aliphatic heterocycles. The van der Waals surface area contributed by atoms with Crippen LogP contribution in [0.15, 0.2) is 0 Å². The van der Waals surface area contributed by atoms with Crippen LogP contribution in [0.3, 0.4) is 0 Å². The average molecular weight is 333 g/mol. The van der Waals surface area contributed by atoms with Crippen LogP contribution in [-0.2, 0) is 6.42 Å².